The van der Waals surface area contributed by atoms with E-state index < -0.39 is 57.6 Å². The summed E-state index contributed by atoms with van der Waals surface area (Å²) in [7, 11) is 0. The Kier molecular flexibility index (Phi) is 9.87. The molecule has 1 aromatic carbocycles. The fourth-order valence-corrected chi connectivity index (χ4v) is 3.19. The molecule has 1 amide bonds. The summed E-state index contributed by atoms with van der Waals surface area (Å²) in [5, 5.41) is 1.15. The average molecular weight is 526 g/mol. The molecule has 0 saturated heterocycles. The van der Waals surface area contributed by atoms with Crippen molar-refractivity contribution in [3.63, 3.8) is 0 Å². The Morgan fingerprint density at radius 1 is 0.971 bits per heavy atom. The predicted octanol–water partition coefficient (Wildman–Crippen LogP) is 6.94. The van der Waals surface area contributed by atoms with E-state index in [-0.39, 0.29) is 6.61 Å². The number of halogens is 7. The Bertz CT molecular complexity index is 1040. The number of nitrogens with one attached hydrogen (secondary N) is 1. The molecule has 6 nitrogen and oxygen atoms in total. The second-order valence-electron chi connectivity index (χ2n) is 7.55. The average Bonchev–Trinajstić information content (AvgIpc) is 2.76. The van der Waals surface area contributed by atoms with E-state index in [1.165, 1.54) is 0 Å². The van der Waals surface area contributed by atoms with Crippen molar-refractivity contribution < 1.29 is 40.7 Å². The van der Waals surface area contributed by atoms with Crippen LogP contribution in [0.2, 0.25) is 5.28 Å². The number of carbonyl (C=O) groups excluding carboxylic acids is 2. The summed E-state index contributed by atoms with van der Waals surface area (Å²) in [4.78, 5) is 31.0. The van der Waals surface area contributed by atoms with Gasteiger partial charge in [0.2, 0.25) is 5.28 Å². The van der Waals surface area contributed by atoms with Crippen molar-refractivity contribution in [3.05, 3.63) is 52.1 Å². The normalized spacial score (nSPS) is 11.9. The van der Waals surface area contributed by atoms with E-state index in [9.17, 15) is 35.9 Å². The van der Waals surface area contributed by atoms with Crippen molar-refractivity contribution in [1.29, 1.82) is 0 Å². The van der Waals surface area contributed by atoms with Gasteiger partial charge in [-0.05, 0) is 36.2 Å². The molecule has 13 heteroatoms. The summed E-state index contributed by atoms with van der Waals surface area (Å²) in [6, 6.07) is 1.89. The number of benzene rings is 1. The Hall–Kier alpha value is -2.89. The number of ether oxygens (including phenoxy) is 1. The van der Waals surface area contributed by atoms with Crippen molar-refractivity contribution >= 4 is 29.2 Å². The first-order chi connectivity index (χ1) is 16.3. The number of carbonyl (C=O) groups is 2. The standard InChI is InChI=1S/C22H22ClF6N3O3/c1-2-3-4-5-6-7-8-35-19(34)13-9-14(21(24,25)26)11-15(10-13)31-18(33)16-12-30-20(23)32-17(16)22(27,28)29/h9-12H,2-8H2,1H3,(H,31,33). The number of anilines is 1. The molecule has 0 bridgehead atoms. The lowest BCUT2D eigenvalue weighted by molar-refractivity contribution is -0.141. The first-order valence-electron chi connectivity index (χ1n) is 10.6. The Balaban J connectivity index is 2.22. The Morgan fingerprint density at radius 3 is 2.26 bits per heavy atom. The third kappa shape index (κ3) is 8.68. The van der Waals surface area contributed by atoms with Crippen LogP contribution < -0.4 is 5.32 Å². The zero-order chi connectivity index (χ0) is 26.2. The number of rotatable bonds is 10. The maximum absolute atomic E-state index is 13.3. The molecule has 0 aliphatic heterocycles. The van der Waals surface area contributed by atoms with E-state index >= 15 is 0 Å². The van der Waals surface area contributed by atoms with Gasteiger partial charge in [0, 0.05) is 11.9 Å². The van der Waals surface area contributed by atoms with Crippen LogP contribution in [0.1, 0.15) is 77.4 Å². The van der Waals surface area contributed by atoms with Crippen LogP contribution in [0.3, 0.4) is 0 Å². The SMILES string of the molecule is CCCCCCCCOC(=O)c1cc(NC(=O)c2cnc(Cl)nc2C(F)(F)F)cc(C(F)(F)F)c1. The van der Waals surface area contributed by atoms with E-state index in [0.717, 1.165) is 38.2 Å². The minimum Gasteiger partial charge on any atom is -0.462 e. The molecule has 0 radical (unpaired) electrons. The highest BCUT2D eigenvalue weighted by molar-refractivity contribution is 6.28. The van der Waals surface area contributed by atoms with Gasteiger partial charge in [-0.2, -0.15) is 26.3 Å². The van der Waals surface area contributed by atoms with E-state index in [1.54, 1.807) is 0 Å². The lowest BCUT2D eigenvalue weighted by Gasteiger charge is -2.14. The fraction of sp³-hybridized carbons (Fsp3) is 0.455. The molecule has 1 heterocycles. The first kappa shape index (κ1) is 28.3. The van der Waals surface area contributed by atoms with E-state index in [4.69, 9.17) is 16.3 Å². The van der Waals surface area contributed by atoms with Crippen molar-refractivity contribution in [2.24, 2.45) is 0 Å². The van der Waals surface area contributed by atoms with Gasteiger partial charge < -0.3 is 10.1 Å². The third-order valence-electron chi connectivity index (χ3n) is 4.76. The molecule has 0 aliphatic carbocycles. The minimum absolute atomic E-state index is 0.0139. The highest BCUT2D eigenvalue weighted by atomic mass is 35.5. The van der Waals surface area contributed by atoms with Crippen LogP contribution in [-0.4, -0.2) is 28.5 Å². The van der Waals surface area contributed by atoms with Crippen molar-refractivity contribution in [3.8, 4) is 0 Å². The summed E-state index contributed by atoms with van der Waals surface area (Å²) >= 11 is 5.37. The van der Waals surface area contributed by atoms with Crippen LogP contribution >= 0.6 is 11.6 Å². The second kappa shape index (κ2) is 12.2. The van der Waals surface area contributed by atoms with Crippen LogP contribution in [0.25, 0.3) is 0 Å². The zero-order valence-electron chi connectivity index (χ0n) is 18.5. The minimum atomic E-state index is -5.08. The largest absolute Gasteiger partial charge is 0.462 e. The zero-order valence-corrected chi connectivity index (χ0v) is 19.3. The lowest BCUT2D eigenvalue weighted by atomic mass is 10.1. The number of nitrogens with zero attached hydrogens (tertiary/aromatic N) is 2. The number of hydrogen-bond acceptors (Lipinski definition) is 5. The van der Waals surface area contributed by atoms with Crippen LogP contribution in [-0.2, 0) is 17.1 Å². The van der Waals surface area contributed by atoms with Gasteiger partial charge in [-0.3, -0.25) is 4.79 Å². The third-order valence-corrected chi connectivity index (χ3v) is 4.94. The number of esters is 1. The maximum atomic E-state index is 13.3. The van der Waals surface area contributed by atoms with E-state index in [0.29, 0.717) is 24.8 Å². The van der Waals surface area contributed by atoms with Crippen molar-refractivity contribution in [1.82, 2.24) is 9.97 Å². The highest BCUT2D eigenvalue weighted by Gasteiger charge is 2.38. The molecular formula is C22H22ClF6N3O3. The molecular weight excluding hydrogens is 504 g/mol. The van der Waals surface area contributed by atoms with Gasteiger partial charge in [0.15, 0.2) is 5.69 Å². The molecule has 0 aliphatic rings. The monoisotopic (exact) mass is 525 g/mol. The summed E-state index contributed by atoms with van der Waals surface area (Å²) in [5.41, 5.74) is -5.12. The molecule has 1 N–H and O–H groups in total. The summed E-state index contributed by atoms with van der Waals surface area (Å²) < 4.78 is 84.7. The van der Waals surface area contributed by atoms with Crippen LogP contribution in [0.4, 0.5) is 32.0 Å². The Labute approximate surface area is 202 Å². The van der Waals surface area contributed by atoms with Gasteiger partial charge in [0.05, 0.1) is 23.3 Å². The number of alkyl halides is 6. The molecule has 192 valence electrons. The summed E-state index contributed by atoms with van der Waals surface area (Å²) in [6.07, 6.45) is -4.10. The molecule has 2 aromatic rings. The van der Waals surface area contributed by atoms with Crippen LogP contribution in [0.15, 0.2) is 24.4 Å². The molecule has 0 atom stereocenters. The molecule has 0 fully saturated rings. The van der Waals surface area contributed by atoms with E-state index in [2.05, 4.69) is 16.9 Å². The van der Waals surface area contributed by atoms with Crippen LogP contribution in [0.5, 0.6) is 0 Å². The molecule has 35 heavy (non-hydrogen) atoms. The van der Waals surface area contributed by atoms with Gasteiger partial charge in [0.25, 0.3) is 5.91 Å². The maximum Gasteiger partial charge on any atom is 0.434 e. The second-order valence-corrected chi connectivity index (χ2v) is 7.89. The number of hydrogen-bond donors (Lipinski definition) is 1. The number of aromatic nitrogens is 2. The number of unbranched alkanes of at least 4 members (excludes halogenated alkanes) is 5. The topological polar surface area (TPSA) is 81.2 Å². The number of amides is 1. The molecule has 1 aromatic heterocycles. The lowest BCUT2D eigenvalue weighted by Crippen LogP contribution is -2.21. The van der Waals surface area contributed by atoms with E-state index in [1.807, 2.05) is 5.32 Å². The summed E-state index contributed by atoms with van der Waals surface area (Å²) in [5.74, 6) is -2.51. The van der Waals surface area contributed by atoms with Crippen molar-refractivity contribution in [2.75, 3.05) is 11.9 Å². The van der Waals surface area contributed by atoms with Gasteiger partial charge in [0.1, 0.15) is 0 Å². The molecule has 0 unspecified atom stereocenters. The van der Waals surface area contributed by atoms with Gasteiger partial charge in [-0.25, -0.2) is 14.8 Å². The van der Waals surface area contributed by atoms with Gasteiger partial charge in [-0.1, -0.05) is 39.0 Å². The van der Waals surface area contributed by atoms with Gasteiger partial charge in [-0.15, -0.1) is 0 Å². The quantitative estimate of drug-likeness (QED) is 0.157. The fourth-order valence-electron chi connectivity index (χ4n) is 3.05. The highest BCUT2D eigenvalue weighted by Crippen LogP contribution is 2.34. The first-order valence-corrected chi connectivity index (χ1v) is 11.0. The van der Waals surface area contributed by atoms with Crippen LogP contribution in [0, 0.1) is 0 Å². The Morgan fingerprint density at radius 2 is 1.63 bits per heavy atom. The smallest absolute Gasteiger partial charge is 0.434 e. The molecule has 0 spiro atoms. The van der Waals surface area contributed by atoms with Gasteiger partial charge >= 0.3 is 18.3 Å². The summed E-state index contributed by atoms with van der Waals surface area (Å²) in [6.45, 7) is 2.05. The molecule has 2 rings (SSSR count). The predicted molar refractivity (Wildman–Crippen MR) is 115 cm³/mol. The molecule has 0 saturated carbocycles. The van der Waals surface area contributed by atoms with Crippen molar-refractivity contribution in [2.45, 2.75) is 57.8 Å².